The van der Waals surface area contributed by atoms with E-state index < -0.39 is 5.41 Å². The number of halogens is 1. The molecule has 0 radical (unpaired) electrons. The van der Waals surface area contributed by atoms with Crippen molar-refractivity contribution >= 4 is 20.6 Å². The first-order valence-corrected chi connectivity index (χ1v) is 10.2. The average Bonchev–Trinajstić information content (AvgIpc) is 2.93. The lowest BCUT2D eigenvalue weighted by Crippen LogP contribution is -2.32. The quantitative estimate of drug-likeness (QED) is 0.704. The smallest absolute Gasteiger partial charge is 0.273 e. The van der Waals surface area contributed by atoms with Gasteiger partial charge in [-0.05, 0) is 32.2 Å². The molecule has 6 heteroatoms. The van der Waals surface area contributed by atoms with E-state index in [9.17, 15) is 4.39 Å². The molecule has 1 aliphatic carbocycles. The van der Waals surface area contributed by atoms with Gasteiger partial charge in [0.05, 0.1) is 5.69 Å². The van der Waals surface area contributed by atoms with Crippen LogP contribution in [0, 0.1) is 5.92 Å². The fourth-order valence-corrected chi connectivity index (χ4v) is 4.51. The zero-order valence-corrected chi connectivity index (χ0v) is 16.0. The zero-order valence-electron chi connectivity index (χ0n) is 14.0. The molecule has 1 aromatic rings. The predicted octanol–water partition coefficient (Wildman–Crippen LogP) is 4.41. The molecule has 1 fully saturated rings. The first kappa shape index (κ1) is 17.6. The first-order valence-electron chi connectivity index (χ1n) is 8.81. The Balaban J connectivity index is 1.48. The van der Waals surface area contributed by atoms with E-state index in [1.54, 1.807) is 11.3 Å². The van der Waals surface area contributed by atoms with E-state index >= 15 is 0 Å². The molecule has 0 spiro atoms. The van der Waals surface area contributed by atoms with Crippen molar-refractivity contribution in [3.63, 3.8) is 0 Å². The number of ether oxygens (including phenoxy) is 1. The molecule has 0 bridgehead atoms. The lowest BCUT2D eigenvalue weighted by molar-refractivity contribution is 0.180. The van der Waals surface area contributed by atoms with Gasteiger partial charge < -0.3 is 4.74 Å². The molecule has 2 unspecified atom stereocenters. The predicted molar refractivity (Wildman–Crippen MR) is 97.0 cm³/mol. The fourth-order valence-electron chi connectivity index (χ4n) is 3.53. The topological polar surface area (TPSA) is 25.4 Å². The van der Waals surface area contributed by atoms with Crippen LogP contribution in [0.25, 0.3) is 0 Å². The maximum atomic E-state index is 13.5. The summed E-state index contributed by atoms with van der Waals surface area (Å²) in [5.41, 5.74) is 1.14. The molecule has 0 N–H and O–H groups in total. The molecule has 130 valence electrons. The van der Waals surface area contributed by atoms with Crippen LogP contribution in [-0.4, -0.2) is 35.0 Å². The van der Waals surface area contributed by atoms with Gasteiger partial charge in [-0.2, -0.15) is 0 Å². The Morgan fingerprint density at radius 2 is 2.17 bits per heavy atom. The third-order valence-corrected chi connectivity index (χ3v) is 6.08. The second-order valence-corrected chi connectivity index (χ2v) is 9.49. The van der Waals surface area contributed by atoms with E-state index in [-0.39, 0.29) is 6.61 Å². The van der Waals surface area contributed by atoms with Crippen molar-refractivity contribution in [1.29, 1.82) is 0 Å². The second-order valence-electron chi connectivity index (χ2n) is 7.24. The minimum atomic E-state index is -1.39. The van der Waals surface area contributed by atoms with Crippen LogP contribution < -0.4 is 4.74 Å². The molecule has 2 aliphatic rings. The molecule has 0 amide bonds. The summed E-state index contributed by atoms with van der Waals surface area (Å²) in [6.07, 6.45) is 9.50. The Morgan fingerprint density at radius 3 is 2.91 bits per heavy atom. The van der Waals surface area contributed by atoms with E-state index in [0.29, 0.717) is 5.19 Å². The van der Waals surface area contributed by atoms with E-state index in [0.717, 1.165) is 31.1 Å². The monoisotopic (exact) mass is 358 g/mol. The number of thiazole rings is 1. The van der Waals surface area contributed by atoms with Crippen LogP contribution in [0.4, 0.5) is 4.39 Å². The maximum Gasteiger partial charge on any atom is 0.273 e. The zero-order chi connectivity index (χ0) is 16.3. The van der Waals surface area contributed by atoms with Crippen molar-refractivity contribution in [2.24, 2.45) is 5.92 Å². The summed E-state index contributed by atoms with van der Waals surface area (Å²) in [5, 5.41) is -0.770. The lowest BCUT2D eigenvalue weighted by atomic mass is 9.87. The van der Waals surface area contributed by atoms with Gasteiger partial charge in [0.1, 0.15) is 6.61 Å². The highest BCUT2D eigenvalue weighted by atomic mass is 32.1. The van der Waals surface area contributed by atoms with Gasteiger partial charge in [-0.3, -0.25) is 4.90 Å². The van der Waals surface area contributed by atoms with Crippen LogP contribution in [0.15, 0.2) is 0 Å². The Hall–Kier alpha value is -0.250. The van der Waals surface area contributed by atoms with Crippen molar-refractivity contribution < 1.29 is 9.13 Å². The van der Waals surface area contributed by atoms with Gasteiger partial charge in [0.2, 0.25) is 0 Å². The molecular weight excluding hydrogens is 330 g/mol. The molecule has 1 aromatic heterocycles. The van der Waals surface area contributed by atoms with Gasteiger partial charge in [-0.15, -0.1) is 0 Å². The molecule has 23 heavy (non-hydrogen) atoms. The Bertz CT molecular complexity index is 511. The maximum absolute atomic E-state index is 13.5. The van der Waals surface area contributed by atoms with E-state index in [1.807, 2.05) is 0 Å². The van der Waals surface area contributed by atoms with Crippen LogP contribution in [0.1, 0.15) is 56.0 Å². The Kier molecular flexibility index (Phi) is 5.92. The normalized spacial score (nSPS) is 22.6. The van der Waals surface area contributed by atoms with Gasteiger partial charge in [-0.1, -0.05) is 52.7 Å². The van der Waals surface area contributed by atoms with Crippen molar-refractivity contribution in [1.82, 2.24) is 9.88 Å². The third kappa shape index (κ3) is 5.37. The summed E-state index contributed by atoms with van der Waals surface area (Å²) in [6.45, 7) is 4.76. The fraction of sp³-hybridized carbons (Fsp3) is 0.824. The van der Waals surface area contributed by atoms with Gasteiger partial charge in [-0.25, -0.2) is 9.37 Å². The molecule has 0 aromatic carbocycles. The summed E-state index contributed by atoms with van der Waals surface area (Å²) in [5.74, 6) is 0.934. The number of alkyl halides is 1. The van der Waals surface area contributed by atoms with Crippen LogP contribution in [0.3, 0.4) is 0 Å². The van der Waals surface area contributed by atoms with Gasteiger partial charge in [0, 0.05) is 18.0 Å². The molecule has 2 atom stereocenters. The van der Waals surface area contributed by atoms with Crippen molar-refractivity contribution in [2.75, 3.05) is 19.7 Å². The Labute approximate surface area is 145 Å². The molecule has 3 nitrogen and oxygen atoms in total. The first-order chi connectivity index (χ1) is 11.0. The number of nitrogens with zero attached hydrogens (tertiary/aromatic N) is 2. The highest BCUT2D eigenvalue weighted by molar-refractivity contribution is 7.18. The minimum absolute atomic E-state index is 0.0372. The van der Waals surface area contributed by atoms with Crippen molar-refractivity contribution in [3.05, 3.63) is 10.6 Å². The van der Waals surface area contributed by atoms with Crippen LogP contribution in [0.5, 0.6) is 5.19 Å². The number of hydrogen-bond donors (Lipinski definition) is 0. The van der Waals surface area contributed by atoms with Crippen molar-refractivity contribution in [3.8, 4) is 5.19 Å². The van der Waals surface area contributed by atoms with E-state index in [1.165, 1.54) is 56.9 Å². The van der Waals surface area contributed by atoms with Gasteiger partial charge in [0.15, 0.2) is 5.41 Å². The van der Waals surface area contributed by atoms with E-state index in [2.05, 4.69) is 19.1 Å². The summed E-state index contributed by atoms with van der Waals surface area (Å²) >= 11 is 1.59. The van der Waals surface area contributed by atoms with Crippen LogP contribution in [-0.2, 0) is 13.0 Å². The highest BCUT2D eigenvalue weighted by Gasteiger charge is 2.24. The molecular formula is C17H28FN2OPS. The van der Waals surface area contributed by atoms with E-state index in [4.69, 9.17) is 4.74 Å². The second kappa shape index (κ2) is 7.76. The van der Waals surface area contributed by atoms with Crippen LogP contribution in [0.2, 0.25) is 0 Å². The summed E-state index contributed by atoms with van der Waals surface area (Å²) in [6, 6.07) is 0. The molecule has 2 heterocycles. The van der Waals surface area contributed by atoms with Crippen molar-refractivity contribution in [2.45, 2.75) is 63.8 Å². The SMILES string of the molecule is CC(F)(P)COc1nc2c(s1)CCN(CCC1CCCCC1)C2. The molecule has 1 saturated carbocycles. The van der Waals surface area contributed by atoms with Gasteiger partial charge in [0.25, 0.3) is 5.19 Å². The Morgan fingerprint density at radius 1 is 1.39 bits per heavy atom. The number of rotatable bonds is 6. The minimum Gasteiger partial charge on any atom is -0.466 e. The number of hydrogen-bond acceptors (Lipinski definition) is 4. The molecule has 3 rings (SSSR count). The lowest BCUT2D eigenvalue weighted by Gasteiger charge is -2.29. The molecule has 0 saturated heterocycles. The standard InChI is InChI=1S/C17H28FN2OPS/c1-17(18,22)12-21-16-19-14-11-20(10-8-15(14)23-16)9-7-13-5-3-2-4-6-13/h13H,2-12,22H2,1H3. The summed E-state index contributed by atoms with van der Waals surface area (Å²) < 4.78 is 19.0. The van der Waals surface area contributed by atoms with Crippen LogP contribution >= 0.6 is 20.6 Å². The highest BCUT2D eigenvalue weighted by Crippen LogP contribution is 2.32. The number of aromatic nitrogens is 1. The number of fused-ring (bicyclic) bond motifs is 1. The largest absolute Gasteiger partial charge is 0.466 e. The molecule has 1 aliphatic heterocycles. The summed E-state index contributed by atoms with van der Waals surface area (Å²) in [4.78, 5) is 8.42. The summed E-state index contributed by atoms with van der Waals surface area (Å²) in [7, 11) is 2.17. The average molecular weight is 358 g/mol. The van der Waals surface area contributed by atoms with Gasteiger partial charge >= 0.3 is 0 Å². The third-order valence-electron chi connectivity index (χ3n) is 4.84.